The van der Waals surface area contributed by atoms with Crippen LogP contribution in [0.3, 0.4) is 0 Å². The number of rotatable bonds is 4. The highest BCUT2D eigenvalue weighted by Crippen LogP contribution is 2.36. The number of anilines is 1. The molecule has 1 aliphatic rings. The Balaban J connectivity index is 2.17. The zero-order valence-electron chi connectivity index (χ0n) is 10.9. The van der Waals surface area contributed by atoms with Crippen LogP contribution in [0.5, 0.6) is 0 Å². The SMILES string of the molecule is CCCC(C)N(C)c1nc2c(s1)CCCC2O. The lowest BCUT2D eigenvalue weighted by atomic mass is 10.0. The molecule has 96 valence electrons. The van der Waals surface area contributed by atoms with Crippen LogP contribution in [0.1, 0.15) is 56.2 Å². The summed E-state index contributed by atoms with van der Waals surface area (Å²) >= 11 is 1.76. The van der Waals surface area contributed by atoms with E-state index >= 15 is 0 Å². The summed E-state index contributed by atoms with van der Waals surface area (Å²) in [6.45, 7) is 4.45. The second-order valence-electron chi connectivity index (χ2n) is 4.96. The second-order valence-corrected chi connectivity index (χ2v) is 6.02. The van der Waals surface area contributed by atoms with Crippen molar-refractivity contribution in [2.45, 2.75) is 58.1 Å². The highest BCUT2D eigenvalue weighted by molar-refractivity contribution is 7.15. The fourth-order valence-corrected chi connectivity index (χ4v) is 3.55. The summed E-state index contributed by atoms with van der Waals surface area (Å²) in [5, 5.41) is 11.0. The number of aliphatic hydroxyl groups excluding tert-OH is 1. The van der Waals surface area contributed by atoms with Gasteiger partial charge in [0, 0.05) is 18.0 Å². The number of hydrogen-bond donors (Lipinski definition) is 1. The number of aliphatic hydroxyl groups is 1. The third kappa shape index (κ3) is 2.63. The monoisotopic (exact) mass is 254 g/mol. The normalized spacial score (nSPS) is 21.1. The molecule has 4 heteroatoms. The van der Waals surface area contributed by atoms with E-state index in [1.54, 1.807) is 11.3 Å². The molecule has 2 rings (SSSR count). The Labute approximate surface area is 107 Å². The molecule has 0 saturated heterocycles. The molecule has 2 unspecified atom stereocenters. The number of fused-ring (bicyclic) bond motifs is 1. The molecule has 2 atom stereocenters. The summed E-state index contributed by atoms with van der Waals surface area (Å²) in [6.07, 6.45) is 5.08. The van der Waals surface area contributed by atoms with Gasteiger partial charge in [-0.05, 0) is 32.6 Å². The van der Waals surface area contributed by atoms with Gasteiger partial charge in [-0.1, -0.05) is 13.3 Å². The van der Waals surface area contributed by atoms with E-state index in [0.717, 1.165) is 30.1 Å². The zero-order chi connectivity index (χ0) is 12.4. The molecule has 0 fully saturated rings. The average Bonchev–Trinajstić information content (AvgIpc) is 2.73. The van der Waals surface area contributed by atoms with E-state index in [1.165, 1.54) is 17.7 Å². The second kappa shape index (κ2) is 5.36. The predicted molar refractivity (Wildman–Crippen MR) is 72.8 cm³/mol. The minimum atomic E-state index is -0.335. The number of hydrogen-bond acceptors (Lipinski definition) is 4. The molecule has 0 bridgehead atoms. The molecule has 17 heavy (non-hydrogen) atoms. The van der Waals surface area contributed by atoms with E-state index in [-0.39, 0.29) is 6.10 Å². The molecule has 0 aliphatic heterocycles. The van der Waals surface area contributed by atoms with Crippen molar-refractivity contribution in [2.24, 2.45) is 0 Å². The van der Waals surface area contributed by atoms with Crippen molar-refractivity contribution in [3.8, 4) is 0 Å². The first-order valence-electron chi connectivity index (χ1n) is 6.54. The molecule has 3 nitrogen and oxygen atoms in total. The maximum Gasteiger partial charge on any atom is 0.185 e. The van der Waals surface area contributed by atoms with Crippen LogP contribution in [0.2, 0.25) is 0 Å². The number of nitrogens with zero attached hydrogens (tertiary/aromatic N) is 2. The maximum absolute atomic E-state index is 9.92. The highest BCUT2D eigenvalue weighted by Gasteiger charge is 2.24. The fraction of sp³-hybridized carbons (Fsp3) is 0.769. The van der Waals surface area contributed by atoms with Crippen LogP contribution in [-0.2, 0) is 6.42 Å². The van der Waals surface area contributed by atoms with Gasteiger partial charge in [-0.3, -0.25) is 0 Å². The maximum atomic E-state index is 9.92. The molecule has 0 spiro atoms. The molecule has 0 aromatic carbocycles. The molecule has 0 saturated carbocycles. The molecule has 1 aromatic heterocycles. The Bertz CT molecular complexity index is 377. The van der Waals surface area contributed by atoms with Gasteiger partial charge < -0.3 is 10.0 Å². The van der Waals surface area contributed by atoms with E-state index in [0.29, 0.717) is 6.04 Å². The van der Waals surface area contributed by atoms with Gasteiger partial charge in [-0.15, -0.1) is 11.3 Å². The van der Waals surface area contributed by atoms with Gasteiger partial charge in [0.05, 0.1) is 11.8 Å². The lowest BCUT2D eigenvalue weighted by Gasteiger charge is -2.23. The minimum absolute atomic E-state index is 0.335. The van der Waals surface area contributed by atoms with Crippen molar-refractivity contribution < 1.29 is 5.11 Å². The van der Waals surface area contributed by atoms with Crippen LogP contribution in [-0.4, -0.2) is 23.2 Å². The van der Waals surface area contributed by atoms with Gasteiger partial charge in [0.25, 0.3) is 0 Å². The van der Waals surface area contributed by atoms with Crippen LogP contribution < -0.4 is 4.90 Å². The van der Waals surface area contributed by atoms with Gasteiger partial charge in [0.1, 0.15) is 0 Å². The first-order valence-corrected chi connectivity index (χ1v) is 7.35. The van der Waals surface area contributed by atoms with Gasteiger partial charge in [0.15, 0.2) is 5.13 Å². The highest BCUT2D eigenvalue weighted by atomic mass is 32.1. The van der Waals surface area contributed by atoms with Gasteiger partial charge >= 0.3 is 0 Å². The third-order valence-electron chi connectivity index (χ3n) is 3.58. The largest absolute Gasteiger partial charge is 0.387 e. The quantitative estimate of drug-likeness (QED) is 0.896. The Hall–Kier alpha value is -0.610. The molecule has 0 radical (unpaired) electrons. The Kier molecular flexibility index (Phi) is 4.05. The molecule has 0 amide bonds. The smallest absolute Gasteiger partial charge is 0.185 e. The van der Waals surface area contributed by atoms with Crippen LogP contribution in [0.4, 0.5) is 5.13 Å². The standard InChI is InChI=1S/C13H22N2OS/c1-4-6-9(2)15(3)13-14-12-10(16)7-5-8-11(12)17-13/h9-10,16H,4-8H2,1-3H3. The zero-order valence-corrected chi connectivity index (χ0v) is 11.8. The van der Waals surface area contributed by atoms with E-state index in [2.05, 4.69) is 30.8 Å². The first kappa shape index (κ1) is 12.8. The summed E-state index contributed by atoms with van der Waals surface area (Å²) in [6, 6.07) is 0.518. The Morgan fingerprint density at radius 1 is 1.59 bits per heavy atom. The lowest BCUT2D eigenvalue weighted by molar-refractivity contribution is 0.153. The van der Waals surface area contributed by atoms with E-state index in [9.17, 15) is 5.11 Å². The first-order chi connectivity index (χ1) is 8.13. The summed E-state index contributed by atoms with van der Waals surface area (Å²) in [4.78, 5) is 8.17. The molecule has 1 N–H and O–H groups in total. The van der Waals surface area contributed by atoms with Crippen LogP contribution in [0.25, 0.3) is 0 Å². The summed E-state index contributed by atoms with van der Waals surface area (Å²) in [5.74, 6) is 0. The van der Waals surface area contributed by atoms with E-state index in [4.69, 9.17) is 0 Å². The van der Waals surface area contributed by atoms with Crippen molar-refractivity contribution in [3.63, 3.8) is 0 Å². The van der Waals surface area contributed by atoms with Gasteiger partial charge in [-0.25, -0.2) is 4.98 Å². The fourth-order valence-electron chi connectivity index (χ4n) is 2.33. The summed E-state index contributed by atoms with van der Waals surface area (Å²) in [7, 11) is 2.11. The van der Waals surface area contributed by atoms with Crippen molar-refractivity contribution in [1.82, 2.24) is 4.98 Å². The number of thiazole rings is 1. The number of aryl methyl sites for hydroxylation is 1. The summed E-state index contributed by atoms with van der Waals surface area (Å²) in [5.41, 5.74) is 0.937. The molecule has 1 aromatic rings. The lowest BCUT2D eigenvalue weighted by Crippen LogP contribution is -2.28. The topological polar surface area (TPSA) is 36.4 Å². The van der Waals surface area contributed by atoms with E-state index < -0.39 is 0 Å². The number of aromatic nitrogens is 1. The van der Waals surface area contributed by atoms with Crippen molar-refractivity contribution in [3.05, 3.63) is 10.6 Å². The van der Waals surface area contributed by atoms with Gasteiger partial charge in [0.2, 0.25) is 0 Å². The Morgan fingerprint density at radius 2 is 2.35 bits per heavy atom. The third-order valence-corrected chi connectivity index (χ3v) is 4.80. The van der Waals surface area contributed by atoms with Crippen molar-refractivity contribution >= 4 is 16.5 Å². The van der Waals surface area contributed by atoms with E-state index in [1.807, 2.05) is 0 Å². The molecule has 1 heterocycles. The average molecular weight is 254 g/mol. The van der Waals surface area contributed by atoms with Crippen molar-refractivity contribution in [1.29, 1.82) is 0 Å². The van der Waals surface area contributed by atoms with Crippen LogP contribution in [0.15, 0.2) is 0 Å². The van der Waals surface area contributed by atoms with Gasteiger partial charge in [-0.2, -0.15) is 0 Å². The van der Waals surface area contributed by atoms with Crippen LogP contribution in [0, 0.1) is 0 Å². The predicted octanol–water partition coefficient (Wildman–Crippen LogP) is 3.14. The van der Waals surface area contributed by atoms with Crippen LogP contribution >= 0.6 is 11.3 Å². The van der Waals surface area contributed by atoms with Crippen molar-refractivity contribution in [2.75, 3.05) is 11.9 Å². The molecule has 1 aliphatic carbocycles. The molecular formula is C13H22N2OS. The molecular weight excluding hydrogens is 232 g/mol. The summed E-state index contributed by atoms with van der Waals surface area (Å²) < 4.78 is 0. The minimum Gasteiger partial charge on any atom is -0.387 e. The Morgan fingerprint density at radius 3 is 3.00 bits per heavy atom.